The minimum atomic E-state index is 0.581. The van der Waals surface area contributed by atoms with E-state index < -0.39 is 0 Å². The molecule has 0 aliphatic heterocycles. The van der Waals surface area contributed by atoms with Gasteiger partial charge in [0.2, 0.25) is 0 Å². The smallest absolute Gasteiger partial charge is 0.119 e. The zero-order valence-electron chi connectivity index (χ0n) is 9.95. The van der Waals surface area contributed by atoms with E-state index in [9.17, 15) is 0 Å². The van der Waals surface area contributed by atoms with E-state index in [1.165, 1.54) is 0 Å². The Hall–Kier alpha value is -1.32. The van der Waals surface area contributed by atoms with Gasteiger partial charge in [-0.05, 0) is 30.3 Å². The number of nitrogens with one attached hydrogen (secondary N) is 1. The van der Waals surface area contributed by atoms with E-state index in [1.54, 1.807) is 7.11 Å². The van der Waals surface area contributed by atoms with Crippen LogP contribution in [0.1, 0.15) is 5.56 Å². The van der Waals surface area contributed by atoms with Crippen LogP contribution in [0, 0.1) is 0 Å². The molecule has 0 atom stereocenters. The van der Waals surface area contributed by atoms with Gasteiger partial charge in [0, 0.05) is 6.54 Å². The topological polar surface area (TPSA) is 30.5 Å². The molecule has 1 aromatic carbocycles. The van der Waals surface area contributed by atoms with Gasteiger partial charge in [0.15, 0.2) is 0 Å². The first-order valence-corrected chi connectivity index (χ1v) is 5.28. The molecule has 0 heterocycles. The molecule has 0 aromatic heterocycles. The maximum absolute atomic E-state index is 5.54. The maximum Gasteiger partial charge on any atom is 0.119 e. The van der Waals surface area contributed by atoms with Gasteiger partial charge in [0.1, 0.15) is 5.75 Å². The lowest BCUT2D eigenvalue weighted by Crippen LogP contribution is -2.13. The maximum atomic E-state index is 5.54. The molecule has 1 rings (SSSR count). The number of methoxy groups -OCH3 is 1. The van der Waals surface area contributed by atoms with Crippen LogP contribution in [0.15, 0.2) is 36.4 Å². The van der Waals surface area contributed by atoms with Crippen LogP contribution < -0.4 is 10.1 Å². The molecule has 0 aliphatic carbocycles. The van der Waals surface area contributed by atoms with Crippen LogP contribution in [0.4, 0.5) is 0 Å². The van der Waals surface area contributed by atoms with E-state index in [1.807, 2.05) is 31.3 Å². The molecule has 0 spiro atoms. The summed E-state index contributed by atoms with van der Waals surface area (Å²) >= 11 is 0. The Balaban J connectivity index is 2.34. The van der Waals surface area contributed by atoms with Crippen molar-refractivity contribution in [1.82, 2.24) is 5.32 Å². The predicted octanol–water partition coefficient (Wildman–Crippen LogP) is 1.99. The normalized spacial score (nSPS) is 10.1. The summed E-state index contributed by atoms with van der Waals surface area (Å²) in [6.45, 7) is 5.85. The summed E-state index contributed by atoms with van der Waals surface area (Å²) in [5.41, 5.74) is 2.15. The summed E-state index contributed by atoms with van der Waals surface area (Å²) in [6.07, 6.45) is 0. The number of likely N-dealkylation sites (N-methyl/N-ethyl adjacent to an activating group) is 1. The van der Waals surface area contributed by atoms with Crippen molar-refractivity contribution in [2.75, 3.05) is 27.3 Å². The number of rotatable bonds is 7. The molecule has 0 saturated carbocycles. The van der Waals surface area contributed by atoms with Gasteiger partial charge in [0.05, 0.1) is 20.3 Å². The lowest BCUT2D eigenvalue weighted by Gasteiger charge is -2.07. The molecule has 1 aromatic rings. The second kappa shape index (κ2) is 7.04. The molecule has 0 bridgehead atoms. The third-order valence-electron chi connectivity index (χ3n) is 2.14. The molecule has 0 saturated heterocycles. The molecule has 16 heavy (non-hydrogen) atoms. The van der Waals surface area contributed by atoms with Crippen LogP contribution in [0.2, 0.25) is 0 Å². The Morgan fingerprint density at radius 1 is 1.44 bits per heavy atom. The van der Waals surface area contributed by atoms with Crippen molar-refractivity contribution >= 4 is 0 Å². The zero-order valence-corrected chi connectivity index (χ0v) is 9.95. The number of ether oxygens (including phenoxy) is 2. The number of hydrogen-bond acceptors (Lipinski definition) is 3. The van der Waals surface area contributed by atoms with Crippen molar-refractivity contribution in [1.29, 1.82) is 0 Å². The predicted molar refractivity (Wildman–Crippen MR) is 65.7 cm³/mol. The van der Waals surface area contributed by atoms with E-state index in [0.717, 1.165) is 23.4 Å². The average Bonchev–Trinajstić information content (AvgIpc) is 2.30. The summed E-state index contributed by atoms with van der Waals surface area (Å²) < 4.78 is 10.7. The fraction of sp³-hybridized carbons (Fsp3) is 0.385. The van der Waals surface area contributed by atoms with Crippen LogP contribution >= 0.6 is 0 Å². The minimum absolute atomic E-state index is 0.581. The van der Waals surface area contributed by atoms with Crippen molar-refractivity contribution in [3.05, 3.63) is 42.0 Å². The molecule has 88 valence electrons. The van der Waals surface area contributed by atoms with Crippen molar-refractivity contribution in [2.24, 2.45) is 0 Å². The standard InChI is InChI=1S/C13H19NO2/c1-11(8-14-2)9-16-10-12-5-4-6-13(7-12)15-3/h4-7,14H,1,8-10H2,2-3H3. The first-order valence-electron chi connectivity index (χ1n) is 5.28. The largest absolute Gasteiger partial charge is 0.497 e. The average molecular weight is 221 g/mol. The summed E-state index contributed by atoms with van der Waals surface area (Å²) in [6, 6.07) is 7.87. The van der Waals surface area contributed by atoms with Crippen LogP contribution in [0.3, 0.4) is 0 Å². The zero-order chi connectivity index (χ0) is 11.8. The third kappa shape index (κ3) is 4.47. The van der Waals surface area contributed by atoms with Crippen LogP contribution in [0.5, 0.6) is 5.75 Å². The highest BCUT2D eigenvalue weighted by Crippen LogP contribution is 2.13. The highest BCUT2D eigenvalue weighted by molar-refractivity contribution is 5.27. The van der Waals surface area contributed by atoms with E-state index in [2.05, 4.69) is 11.9 Å². The molecule has 3 heteroatoms. The first-order chi connectivity index (χ1) is 7.76. The van der Waals surface area contributed by atoms with Gasteiger partial charge in [-0.3, -0.25) is 0 Å². The molecule has 1 N–H and O–H groups in total. The molecule has 0 aliphatic rings. The Morgan fingerprint density at radius 3 is 2.94 bits per heavy atom. The lowest BCUT2D eigenvalue weighted by molar-refractivity contribution is 0.141. The number of hydrogen-bond donors (Lipinski definition) is 1. The fourth-order valence-electron chi connectivity index (χ4n) is 1.38. The van der Waals surface area contributed by atoms with E-state index in [-0.39, 0.29) is 0 Å². The quantitative estimate of drug-likeness (QED) is 0.714. The Kier molecular flexibility index (Phi) is 5.61. The summed E-state index contributed by atoms with van der Waals surface area (Å²) in [5.74, 6) is 0.857. The number of benzene rings is 1. The molecular formula is C13H19NO2. The van der Waals surface area contributed by atoms with E-state index in [4.69, 9.17) is 9.47 Å². The minimum Gasteiger partial charge on any atom is -0.497 e. The van der Waals surface area contributed by atoms with Crippen molar-refractivity contribution in [3.8, 4) is 5.75 Å². The molecule has 0 radical (unpaired) electrons. The first kappa shape index (κ1) is 12.7. The highest BCUT2D eigenvalue weighted by Gasteiger charge is 1.97. The van der Waals surface area contributed by atoms with Crippen LogP contribution in [-0.2, 0) is 11.3 Å². The molecule has 0 amide bonds. The van der Waals surface area contributed by atoms with Crippen LogP contribution in [0.25, 0.3) is 0 Å². The van der Waals surface area contributed by atoms with Gasteiger partial charge in [-0.15, -0.1) is 0 Å². The molecule has 3 nitrogen and oxygen atoms in total. The summed E-state index contributed by atoms with van der Waals surface area (Å²) in [4.78, 5) is 0. The molecule has 0 fully saturated rings. The van der Waals surface area contributed by atoms with Crippen molar-refractivity contribution in [2.45, 2.75) is 6.61 Å². The van der Waals surface area contributed by atoms with Gasteiger partial charge in [-0.2, -0.15) is 0 Å². The van der Waals surface area contributed by atoms with Crippen molar-refractivity contribution < 1.29 is 9.47 Å². The summed E-state index contributed by atoms with van der Waals surface area (Å²) in [7, 11) is 3.56. The Morgan fingerprint density at radius 2 is 2.25 bits per heavy atom. The van der Waals surface area contributed by atoms with Gasteiger partial charge in [-0.1, -0.05) is 18.7 Å². The molecular weight excluding hydrogens is 202 g/mol. The second-order valence-corrected chi connectivity index (χ2v) is 3.62. The Labute approximate surface area is 97.1 Å². The fourth-order valence-corrected chi connectivity index (χ4v) is 1.38. The summed E-state index contributed by atoms with van der Waals surface area (Å²) in [5, 5.41) is 3.03. The van der Waals surface area contributed by atoms with Crippen molar-refractivity contribution in [3.63, 3.8) is 0 Å². The SMILES string of the molecule is C=C(CNC)COCc1cccc(OC)c1. The van der Waals surface area contributed by atoms with E-state index >= 15 is 0 Å². The Bertz CT molecular complexity index is 336. The van der Waals surface area contributed by atoms with Gasteiger partial charge in [0.25, 0.3) is 0 Å². The van der Waals surface area contributed by atoms with Gasteiger partial charge in [-0.25, -0.2) is 0 Å². The van der Waals surface area contributed by atoms with Gasteiger partial charge >= 0.3 is 0 Å². The van der Waals surface area contributed by atoms with Gasteiger partial charge < -0.3 is 14.8 Å². The third-order valence-corrected chi connectivity index (χ3v) is 2.14. The van der Waals surface area contributed by atoms with E-state index in [0.29, 0.717) is 13.2 Å². The molecule has 0 unspecified atom stereocenters. The van der Waals surface area contributed by atoms with Crippen LogP contribution in [-0.4, -0.2) is 27.3 Å². The second-order valence-electron chi connectivity index (χ2n) is 3.62. The highest BCUT2D eigenvalue weighted by atomic mass is 16.5. The lowest BCUT2D eigenvalue weighted by atomic mass is 10.2. The monoisotopic (exact) mass is 221 g/mol.